The highest BCUT2D eigenvalue weighted by Gasteiger charge is 2.27. The lowest BCUT2D eigenvalue weighted by molar-refractivity contribution is -0.384. The number of fused-ring (bicyclic) bond motifs is 1. The van der Waals surface area contributed by atoms with E-state index in [9.17, 15) is 14.9 Å². The van der Waals surface area contributed by atoms with Gasteiger partial charge in [-0.3, -0.25) is 19.8 Å². The Balaban J connectivity index is 0.00000342. The summed E-state index contributed by atoms with van der Waals surface area (Å²) in [5.41, 5.74) is 1.48. The molecule has 0 aliphatic carbocycles. The Morgan fingerprint density at radius 2 is 1.91 bits per heavy atom. The van der Waals surface area contributed by atoms with E-state index in [-0.39, 0.29) is 29.6 Å². The van der Waals surface area contributed by atoms with Gasteiger partial charge in [-0.1, -0.05) is 29.0 Å². The predicted octanol–water partition coefficient (Wildman–Crippen LogP) is 5.87. The normalized spacial score (nSPS) is 13.7. The Morgan fingerprint density at radius 1 is 1.17 bits per heavy atom. The fraction of sp³-hybridized carbons (Fsp3) is 0.417. The zero-order valence-corrected chi connectivity index (χ0v) is 22.2. The molecular formula is C24H29Cl2N5O3S. The van der Waals surface area contributed by atoms with E-state index in [1.807, 2.05) is 31.1 Å². The maximum atomic E-state index is 13.7. The molecule has 8 nitrogen and oxygen atoms in total. The number of halogens is 2. The molecule has 2 heterocycles. The standard InChI is InChI=1S/C24H28ClN5O3S.ClH/c1-27(2)12-7-15-29(24-26-22-18(25)8-6-9-21(22)34-24)23(31)17-10-11-19(20(16-17)30(32)33)28-13-4-3-5-14-28;/h6,8-11,16H,3-5,7,12-15H2,1-2H3;1H. The van der Waals surface area contributed by atoms with Gasteiger partial charge in [-0.25, -0.2) is 4.98 Å². The van der Waals surface area contributed by atoms with E-state index in [1.165, 1.54) is 17.4 Å². The molecule has 0 N–H and O–H groups in total. The van der Waals surface area contributed by atoms with E-state index in [0.29, 0.717) is 27.9 Å². The van der Waals surface area contributed by atoms with Crippen LogP contribution >= 0.6 is 35.3 Å². The van der Waals surface area contributed by atoms with Crippen LogP contribution < -0.4 is 9.80 Å². The molecule has 1 fully saturated rings. The number of nitro benzene ring substituents is 1. The molecule has 0 bridgehead atoms. The average molecular weight is 539 g/mol. The van der Waals surface area contributed by atoms with Crippen molar-refractivity contribution in [2.24, 2.45) is 0 Å². The first-order chi connectivity index (χ1) is 16.3. The van der Waals surface area contributed by atoms with Gasteiger partial charge < -0.3 is 9.80 Å². The molecule has 4 rings (SSSR count). The monoisotopic (exact) mass is 537 g/mol. The third-order valence-corrected chi connectivity index (χ3v) is 7.29. The highest BCUT2D eigenvalue weighted by atomic mass is 35.5. The fourth-order valence-electron chi connectivity index (χ4n) is 4.21. The summed E-state index contributed by atoms with van der Waals surface area (Å²) in [6, 6.07) is 10.4. The second kappa shape index (κ2) is 12.0. The van der Waals surface area contributed by atoms with Gasteiger partial charge >= 0.3 is 0 Å². The number of piperidine rings is 1. The maximum absolute atomic E-state index is 13.7. The average Bonchev–Trinajstić information content (AvgIpc) is 3.27. The minimum Gasteiger partial charge on any atom is -0.366 e. The lowest BCUT2D eigenvalue weighted by Crippen LogP contribution is -2.34. The largest absolute Gasteiger partial charge is 0.366 e. The molecule has 1 amide bonds. The number of rotatable bonds is 8. The van der Waals surface area contributed by atoms with Gasteiger partial charge in [-0.05, 0) is 70.6 Å². The van der Waals surface area contributed by atoms with E-state index >= 15 is 0 Å². The number of amides is 1. The summed E-state index contributed by atoms with van der Waals surface area (Å²) in [7, 11) is 3.96. The Hall–Kier alpha value is -2.46. The molecule has 1 aliphatic rings. The van der Waals surface area contributed by atoms with Crippen LogP contribution in [0.5, 0.6) is 0 Å². The highest BCUT2D eigenvalue weighted by Crippen LogP contribution is 2.35. The molecule has 0 atom stereocenters. The van der Waals surface area contributed by atoms with Gasteiger partial charge in [-0.2, -0.15) is 0 Å². The second-order valence-corrected chi connectivity index (χ2v) is 10.1. The lowest BCUT2D eigenvalue weighted by atomic mass is 10.1. The van der Waals surface area contributed by atoms with Crippen molar-refractivity contribution >= 4 is 68.0 Å². The fourth-order valence-corrected chi connectivity index (χ4v) is 5.50. The van der Waals surface area contributed by atoms with Gasteiger partial charge in [0.2, 0.25) is 0 Å². The number of carbonyl (C=O) groups is 1. The Morgan fingerprint density at radius 3 is 2.57 bits per heavy atom. The topological polar surface area (TPSA) is 82.8 Å². The molecular weight excluding hydrogens is 509 g/mol. The molecule has 1 saturated heterocycles. The van der Waals surface area contributed by atoms with Crippen molar-refractivity contribution in [2.75, 3.05) is 50.1 Å². The summed E-state index contributed by atoms with van der Waals surface area (Å²) in [5, 5.41) is 13.0. The van der Waals surface area contributed by atoms with Crippen molar-refractivity contribution in [1.82, 2.24) is 9.88 Å². The van der Waals surface area contributed by atoms with Crippen LogP contribution in [0.15, 0.2) is 36.4 Å². The van der Waals surface area contributed by atoms with Crippen molar-refractivity contribution in [2.45, 2.75) is 25.7 Å². The van der Waals surface area contributed by atoms with Crippen LogP contribution in [0.2, 0.25) is 5.02 Å². The van der Waals surface area contributed by atoms with E-state index < -0.39 is 4.92 Å². The number of para-hydroxylation sites is 1. The molecule has 1 aromatic heterocycles. The minimum atomic E-state index is -0.394. The van der Waals surface area contributed by atoms with Gasteiger partial charge in [0.15, 0.2) is 5.13 Å². The summed E-state index contributed by atoms with van der Waals surface area (Å²) >= 11 is 7.71. The number of nitro groups is 1. The molecule has 3 aromatic rings. The summed E-state index contributed by atoms with van der Waals surface area (Å²) in [6.07, 6.45) is 3.89. The molecule has 2 aromatic carbocycles. The molecule has 0 saturated carbocycles. The predicted molar refractivity (Wildman–Crippen MR) is 146 cm³/mol. The van der Waals surface area contributed by atoms with Crippen molar-refractivity contribution in [3.63, 3.8) is 0 Å². The first-order valence-electron chi connectivity index (χ1n) is 11.4. The summed E-state index contributed by atoms with van der Waals surface area (Å²) in [5.74, 6) is -0.303. The Labute approximate surface area is 220 Å². The second-order valence-electron chi connectivity index (χ2n) is 8.70. The molecule has 0 spiro atoms. The van der Waals surface area contributed by atoms with Gasteiger partial charge in [0.05, 0.1) is 14.6 Å². The van der Waals surface area contributed by atoms with Gasteiger partial charge in [0, 0.05) is 31.3 Å². The number of hydrogen-bond acceptors (Lipinski definition) is 7. The first kappa shape index (κ1) is 27.1. The van der Waals surface area contributed by atoms with E-state index in [0.717, 1.165) is 50.0 Å². The quantitative estimate of drug-likeness (QED) is 0.264. The summed E-state index contributed by atoms with van der Waals surface area (Å²) in [4.78, 5) is 35.5. The van der Waals surface area contributed by atoms with Gasteiger partial charge in [0.1, 0.15) is 11.2 Å². The molecule has 0 radical (unpaired) electrons. The molecule has 1 aliphatic heterocycles. The number of thiazole rings is 1. The number of anilines is 2. The van der Waals surface area contributed by atoms with Crippen LogP contribution in [0.4, 0.5) is 16.5 Å². The van der Waals surface area contributed by atoms with Crippen LogP contribution in [0.3, 0.4) is 0 Å². The molecule has 0 unspecified atom stereocenters. The zero-order chi connectivity index (χ0) is 24.2. The van der Waals surface area contributed by atoms with Crippen molar-refractivity contribution in [3.8, 4) is 0 Å². The number of hydrogen-bond donors (Lipinski definition) is 0. The summed E-state index contributed by atoms with van der Waals surface area (Å²) < 4.78 is 0.888. The summed E-state index contributed by atoms with van der Waals surface area (Å²) in [6.45, 7) is 2.81. The van der Waals surface area contributed by atoms with Gasteiger partial charge in [0.25, 0.3) is 11.6 Å². The molecule has 11 heteroatoms. The van der Waals surface area contributed by atoms with Crippen LogP contribution in [0.25, 0.3) is 10.2 Å². The molecule has 35 heavy (non-hydrogen) atoms. The van der Waals surface area contributed by atoms with E-state index in [1.54, 1.807) is 23.1 Å². The van der Waals surface area contributed by atoms with Crippen molar-refractivity contribution in [1.29, 1.82) is 0 Å². The highest BCUT2D eigenvalue weighted by molar-refractivity contribution is 7.22. The third kappa shape index (κ3) is 6.22. The Kier molecular flexibility index (Phi) is 9.29. The van der Waals surface area contributed by atoms with E-state index in [2.05, 4.69) is 9.88 Å². The number of nitrogens with zero attached hydrogens (tertiary/aromatic N) is 5. The van der Waals surface area contributed by atoms with Crippen LogP contribution in [0.1, 0.15) is 36.0 Å². The third-order valence-electron chi connectivity index (χ3n) is 5.94. The first-order valence-corrected chi connectivity index (χ1v) is 12.6. The number of benzene rings is 2. The Bertz CT molecular complexity index is 1200. The zero-order valence-electron chi connectivity index (χ0n) is 19.8. The lowest BCUT2D eigenvalue weighted by Gasteiger charge is -2.28. The number of aromatic nitrogens is 1. The van der Waals surface area contributed by atoms with Crippen molar-refractivity contribution in [3.05, 3.63) is 57.1 Å². The van der Waals surface area contributed by atoms with Gasteiger partial charge in [-0.15, -0.1) is 12.4 Å². The minimum absolute atomic E-state index is 0. The number of carbonyl (C=O) groups excluding carboxylic acids is 1. The van der Waals surface area contributed by atoms with Crippen LogP contribution in [0, 0.1) is 10.1 Å². The van der Waals surface area contributed by atoms with Crippen molar-refractivity contribution < 1.29 is 9.72 Å². The smallest absolute Gasteiger partial charge is 0.293 e. The molecule has 188 valence electrons. The van der Waals surface area contributed by atoms with Crippen LogP contribution in [-0.4, -0.2) is 61.0 Å². The SMILES string of the molecule is CN(C)CCCN(C(=O)c1ccc(N2CCCCC2)c([N+](=O)[O-])c1)c1nc2c(Cl)cccc2s1.Cl. The van der Waals surface area contributed by atoms with E-state index in [4.69, 9.17) is 11.6 Å². The van der Waals surface area contributed by atoms with Crippen LogP contribution in [-0.2, 0) is 0 Å². The maximum Gasteiger partial charge on any atom is 0.293 e.